The standard InChI is InChI=1S/C11H13N3O2S/c1-3-16-9-4-8(5-12-6-9)10(15)11-7(2)13-14-17-11/h4-6,10,15H,3H2,1-2H3. The van der Waals surface area contributed by atoms with Gasteiger partial charge in [-0.2, -0.15) is 0 Å². The first-order valence-electron chi connectivity index (χ1n) is 5.27. The van der Waals surface area contributed by atoms with Crippen LogP contribution in [0.25, 0.3) is 0 Å². The zero-order chi connectivity index (χ0) is 12.3. The Labute approximate surface area is 103 Å². The Morgan fingerprint density at radius 1 is 1.47 bits per heavy atom. The molecule has 0 saturated heterocycles. The van der Waals surface area contributed by atoms with E-state index < -0.39 is 6.10 Å². The highest BCUT2D eigenvalue weighted by molar-refractivity contribution is 7.05. The molecule has 0 aliphatic rings. The van der Waals surface area contributed by atoms with Crippen LogP contribution in [0.5, 0.6) is 5.75 Å². The van der Waals surface area contributed by atoms with Crippen LogP contribution in [0.4, 0.5) is 0 Å². The maximum atomic E-state index is 10.2. The normalized spacial score (nSPS) is 12.4. The van der Waals surface area contributed by atoms with Gasteiger partial charge in [0.1, 0.15) is 11.9 Å². The number of aliphatic hydroxyl groups is 1. The predicted molar refractivity (Wildman–Crippen MR) is 64.1 cm³/mol. The van der Waals surface area contributed by atoms with Crippen molar-refractivity contribution in [3.63, 3.8) is 0 Å². The van der Waals surface area contributed by atoms with E-state index in [0.29, 0.717) is 17.9 Å². The monoisotopic (exact) mass is 251 g/mol. The molecule has 1 unspecified atom stereocenters. The van der Waals surface area contributed by atoms with Gasteiger partial charge in [0, 0.05) is 11.8 Å². The van der Waals surface area contributed by atoms with E-state index in [2.05, 4.69) is 14.6 Å². The molecule has 0 aliphatic heterocycles. The second-order valence-corrected chi connectivity index (χ2v) is 4.30. The van der Waals surface area contributed by atoms with Gasteiger partial charge in [-0.15, -0.1) is 5.10 Å². The van der Waals surface area contributed by atoms with Gasteiger partial charge in [-0.05, 0) is 31.4 Å². The van der Waals surface area contributed by atoms with Gasteiger partial charge in [-0.1, -0.05) is 4.49 Å². The van der Waals surface area contributed by atoms with Gasteiger partial charge in [0.15, 0.2) is 0 Å². The average molecular weight is 251 g/mol. The SMILES string of the molecule is CCOc1cncc(C(O)c2snnc2C)c1. The molecule has 2 aromatic heterocycles. The molecule has 0 aliphatic carbocycles. The van der Waals surface area contributed by atoms with Crippen LogP contribution >= 0.6 is 11.5 Å². The van der Waals surface area contributed by atoms with E-state index in [1.165, 1.54) is 11.5 Å². The molecule has 0 aromatic carbocycles. The Hall–Kier alpha value is -1.53. The van der Waals surface area contributed by atoms with Gasteiger partial charge in [0.25, 0.3) is 0 Å². The van der Waals surface area contributed by atoms with Crippen molar-refractivity contribution in [2.45, 2.75) is 20.0 Å². The quantitative estimate of drug-likeness (QED) is 0.896. The molecule has 0 spiro atoms. The van der Waals surface area contributed by atoms with Gasteiger partial charge >= 0.3 is 0 Å². The van der Waals surface area contributed by atoms with E-state index in [1.54, 1.807) is 18.5 Å². The number of hydrogen-bond acceptors (Lipinski definition) is 6. The molecule has 0 bridgehead atoms. The summed E-state index contributed by atoms with van der Waals surface area (Å²) in [5.41, 5.74) is 1.43. The van der Waals surface area contributed by atoms with Crippen molar-refractivity contribution < 1.29 is 9.84 Å². The van der Waals surface area contributed by atoms with Gasteiger partial charge in [0.2, 0.25) is 0 Å². The van der Waals surface area contributed by atoms with Crippen LogP contribution in [-0.4, -0.2) is 26.3 Å². The summed E-state index contributed by atoms with van der Waals surface area (Å²) in [6, 6.07) is 1.78. The van der Waals surface area contributed by atoms with Crippen molar-refractivity contribution in [1.82, 2.24) is 14.6 Å². The number of aryl methyl sites for hydroxylation is 1. The van der Waals surface area contributed by atoms with Crippen molar-refractivity contribution in [2.24, 2.45) is 0 Å². The number of ether oxygens (including phenoxy) is 1. The topological polar surface area (TPSA) is 68.1 Å². The van der Waals surface area contributed by atoms with Gasteiger partial charge in [-0.3, -0.25) is 4.98 Å². The fourth-order valence-electron chi connectivity index (χ4n) is 1.47. The van der Waals surface area contributed by atoms with Gasteiger partial charge in [-0.25, -0.2) is 0 Å². The molecule has 0 fully saturated rings. The number of aliphatic hydroxyl groups excluding tert-OH is 1. The summed E-state index contributed by atoms with van der Waals surface area (Å²) < 4.78 is 9.15. The largest absolute Gasteiger partial charge is 0.492 e. The van der Waals surface area contributed by atoms with E-state index in [1.807, 2.05) is 13.8 Å². The van der Waals surface area contributed by atoms with Crippen LogP contribution in [0.1, 0.15) is 29.2 Å². The third kappa shape index (κ3) is 2.59. The third-order valence-electron chi connectivity index (χ3n) is 2.30. The molecule has 6 heteroatoms. The second-order valence-electron chi connectivity index (χ2n) is 3.51. The molecule has 17 heavy (non-hydrogen) atoms. The predicted octanol–water partition coefficient (Wildman–Crippen LogP) is 1.72. The molecule has 0 radical (unpaired) electrons. The smallest absolute Gasteiger partial charge is 0.137 e. The molecule has 2 aromatic rings. The number of aromatic nitrogens is 3. The first kappa shape index (κ1) is 11.9. The number of nitrogens with zero attached hydrogens (tertiary/aromatic N) is 3. The fourth-order valence-corrected chi connectivity index (χ4v) is 2.13. The summed E-state index contributed by atoms with van der Waals surface area (Å²) >= 11 is 1.19. The maximum Gasteiger partial charge on any atom is 0.137 e. The van der Waals surface area contributed by atoms with E-state index in [-0.39, 0.29) is 0 Å². The van der Waals surface area contributed by atoms with Gasteiger partial charge < -0.3 is 9.84 Å². The molecule has 0 amide bonds. The lowest BCUT2D eigenvalue weighted by Gasteiger charge is -2.10. The summed E-state index contributed by atoms with van der Waals surface area (Å²) in [5, 5.41) is 14.1. The Bertz CT molecular complexity index is 501. The lowest BCUT2D eigenvalue weighted by molar-refractivity contribution is 0.221. The zero-order valence-corrected chi connectivity index (χ0v) is 10.4. The highest BCUT2D eigenvalue weighted by atomic mass is 32.1. The fraction of sp³-hybridized carbons (Fsp3) is 0.364. The van der Waals surface area contributed by atoms with Crippen LogP contribution in [0, 0.1) is 6.92 Å². The summed E-state index contributed by atoms with van der Waals surface area (Å²) in [4.78, 5) is 4.78. The highest BCUT2D eigenvalue weighted by Crippen LogP contribution is 2.27. The van der Waals surface area contributed by atoms with Crippen LogP contribution < -0.4 is 4.74 Å². The van der Waals surface area contributed by atoms with Crippen LogP contribution in [-0.2, 0) is 0 Å². The lowest BCUT2D eigenvalue weighted by Crippen LogP contribution is -2.01. The summed E-state index contributed by atoms with van der Waals surface area (Å²) in [5.74, 6) is 0.652. The molecule has 0 saturated carbocycles. The number of hydrogen-bond donors (Lipinski definition) is 1. The van der Waals surface area contributed by atoms with E-state index in [4.69, 9.17) is 4.74 Å². The molecule has 5 nitrogen and oxygen atoms in total. The minimum atomic E-state index is -0.747. The Morgan fingerprint density at radius 3 is 2.94 bits per heavy atom. The molecular weight excluding hydrogens is 238 g/mol. The molecule has 90 valence electrons. The van der Waals surface area contributed by atoms with Crippen molar-refractivity contribution in [3.8, 4) is 5.75 Å². The van der Waals surface area contributed by atoms with Crippen LogP contribution in [0.3, 0.4) is 0 Å². The Balaban J connectivity index is 2.28. The summed E-state index contributed by atoms with van der Waals surface area (Å²) in [7, 11) is 0. The van der Waals surface area contributed by atoms with Gasteiger partial charge in [0.05, 0.1) is 23.4 Å². The summed E-state index contributed by atoms with van der Waals surface area (Å²) in [6.45, 7) is 4.30. The third-order valence-corrected chi connectivity index (χ3v) is 3.17. The van der Waals surface area contributed by atoms with E-state index >= 15 is 0 Å². The molecule has 2 rings (SSSR count). The molecule has 1 atom stereocenters. The van der Waals surface area contributed by atoms with Crippen molar-refractivity contribution >= 4 is 11.5 Å². The first-order valence-corrected chi connectivity index (χ1v) is 6.04. The summed E-state index contributed by atoms with van der Waals surface area (Å²) in [6.07, 6.45) is 2.49. The highest BCUT2D eigenvalue weighted by Gasteiger charge is 2.17. The van der Waals surface area contributed by atoms with Crippen LogP contribution in [0.2, 0.25) is 0 Å². The minimum absolute atomic E-state index is 0.572. The maximum absolute atomic E-state index is 10.2. The van der Waals surface area contributed by atoms with Crippen molar-refractivity contribution in [2.75, 3.05) is 6.61 Å². The molecular formula is C11H13N3O2S. The molecule has 2 heterocycles. The zero-order valence-electron chi connectivity index (χ0n) is 9.62. The Kier molecular flexibility index (Phi) is 3.65. The lowest BCUT2D eigenvalue weighted by atomic mass is 10.1. The van der Waals surface area contributed by atoms with E-state index in [9.17, 15) is 5.11 Å². The van der Waals surface area contributed by atoms with Crippen molar-refractivity contribution in [1.29, 1.82) is 0 Å². The van der Waals surface area contributed by atoms with Crippen molar-refractivity contribution in [3.05, 3.63) is 34.6 Å². The Morgan fingerprint density at radius 2 is 2.29 bits per heavy atom. The molecule has 1 N–H and O–H groups in total. The minimum Gasteiger partial charge on any atom is -0.492 e. The number of pyridine rings is 1. The number of rotatable bonds is 4. The van der Waals surface area contributed by atoms with Crippen LogP contribution in [0.15, 0.2) is 18.5 Å². The van der Waals surface area contributed by atoms with E-state index in [0.717, 1.165) is 10.6 Å². The second kappa shape index (κ2) is 5.20. The average Bonchev–Trinajstić information content (AvgIpc) is 2.75. The first-order chi connectivity index (χ1) is 8.22.